The molecule has 0 unspecified atom stereocenters. The van der Waals surface area contributed by atoms with E-state index in [1.807, 2.05) is 42.5 Å². The van der Waals surface area contributed by atoms with Gasteiger partial charge in [-0.15, -0.1) is 0 Å². The molecular formula is C18H18N2O3. The van der Waals surface area contributed by atoms with Crippen molar-refractivity contribution in [1.29, 1.82) is 0 Å². The predicted octanol–water partition coefficient (Wildman–Crippen LogP) is 3.22. The van der Waals surface area contributed by atoms with Gasteiger partial charge in [0.15, 0.2) is 0 Å². The zero-order valence-electron chi connectivity index (χ0n) is 13.1. The molecule has 1 atom stereocenters. The first-order chi connectivity index (χ1) is 11.1. The molecule has 1 N–H and O–H groups in total. The number of methoxy groups -OCH3 is 1. The van der Waals surface area contributed by atoms with E-state index in [9.17, 15) is 4.79 Å². The lowest BCUT2D eigenvalue weighted by Crippen LogP contribution is -2.40. The van der Waals surface area contributed by atoms with Crippen LogP contribution in [0.15, 0.2) is 59.8 Å². The standard InChI is InChI=1S/C18H18N2O3/c1-18(12-15(20-23-18)13-8-4-3-5-9-13)17(21)19-14-10-6-7-11-16(14)22-2/h3-11H,12H2,1-2H3,(H,19,21)/t18-/m0/s1. The minimum atomic E-state index is -1.04. The predicted molar refractivity (Wildman–Crippen MR) is 88.7 cm³/mol. The van der Waals surface area contributed by atoms with E-state index in [4.69, 9.17) is 9.57 Å². The molecule has 1 aliphatic rings. The second-order valence-electron chi connectivity index (χ2n) is 5.56. The van der Waals surface area contributed by atoms with Crippen LogP contribution in [0.25, 0.3) is 0 Å². The number of ether oxygens (including phenoxy) is 1. The van der Waals surface area contributed by atoms with Crippen molar-refractivity contribution in [2.45, 2.75) is 18.9 Å². The first kappa shape index (κ1) is 15.1. The summed E-state index contributed by atoms with van der Waals surface area (Å²) in [5, 5.41) is 6.94. The normalized spacial score (nSPS) is 19.7. The average molecular weight is 310 g/mol. The van der Waals surface area contributed by atoms with Gasteiger partial charge in [0.05, 0.1) is 18.5 Å². The van der Waals surface area contributed by atoms with Crippen molar-refractivity contribution in [3.63, 3.8) is 0 Å². The van der Waals surface area contributed by atoms with Crippen LogP contribution >= 0.6 is 0 Å². The SMILES string of the molecule is COc1ccccc1NC(=O)[C@]1(C)CC(c2ccccc2)=NO1. The van der Waals surface area contributed by atoms with Crippen LogP contribution in [0.3, 0.4) is 0 Å². The Balaban J connectivity index is 1.74. The second kappa shape index (κ2) is 6.12. The number of nitrogens with zero attached hydrogens (tertiary/aromatic N) is 1. The zero-order chi connectivity index (χ0) is 16.3. The number of oxime groups is 1. The van der Waals surface area contributed by atoms with Crippen LogP contribution in [-0.2, 0) is 9.63 Å². The first-order valence-corrected chi connectivity index (χ1v) is 7.37. The molecular weight excluding hydrogens is 292 g/mol. The topological polar surface area (TPSA) is 59.9 Å². The van der Waals surface area contributed by atoms with Crippen LogP contribution in [0.2, 0.25) is 0 Å². The van der Waals surface area contributed by atoms with E-state index >= 15 is 0 Å². The molecule has 0 fully saturated rings. The summed E-state index contributed by atoms with van der Waals surface area (Å²) in [7, 11) is 1.56. The molecule has 5 heteroatoms. The van der Waals surface area contributed by atoms with Crippen molar-refractivity contribution in [2.24, 2.45) is 5.16 Å². The lowest BCUT2D eigenvalue weighted by Gasteiger charge is -2.21. The van der Waals surface area contributed by atoms with Crippen molar-refractivity contribution in [1.82, 2.24) is 0 Å². The summed E-state index contributed by atoms with van der Waals surface area (Å²) in [6, 6.07) is 17.0. The second-order valence-corrected chi connectivity index (χ2v) is 5.56. The van der Waals surface area contributed by atoms with Gasteiger partial charge >= 0.3 is 0 Å². The number of rotatable bonds is 4. The molecule has 1 aliphatic heterocycles. The fraction of sp³-hybridized carbons (Fsp3) is 0.222. The Morgan fingerprint density at radius 3 is 2.61 bits per heavy atom. The lowest BCUT2D eigenvalue weighted by molar-refractivity contribution is -0.135. The van der Waals surface area contributed by atoms with Crippen LogP contribution in [0.4, 0.5) is 5.69 Å². The number of para-hydroxylation sites is 2. The number of amides is 1. The third kappa shape index (κ3) is 3.04. The molecule has 118 valence electrons. The zero-order valence-corrected chi connectivity index (χ0v) is 13.1. The van der Waals surface area contributed by atoms with Crippen LogP contribution in [0, 0.1) is 0 Å². The molecule has 0 aliphatic carbocycles. The molecule has 2 aromatic carbocycles. The van der Waals surface area contributed by atoms with E-state index in [1.54, 1.807) is 26.2 Å². The molecule has 1 heterocycles. The largest absolute Gasteiger partial charge is 0.495 e. The molecule has 23 heavy (non-hydrogen) atoms. The van der Waals surface area contributed by atoms with E-state index < -0.39 is 5.60 Å². The number of benzene rings is 2. The van der Waals surface area contributed by atoms with Crippen LogP contribution in [0.1, 0.15) is 18.9 Å². The smallest absolute Gasteiger partial charge is 0.271 e. The molecule has 0 saturated carbocycles. The molecule has 0 spiro atoms. The van der Waals surface area contributed by atoms with Crippen molar-refractivity contribution in [3.8, 4) is 5.75 Å². The first-order valence-electron chi connectivity index (χ1n) is 7.37. The minimum absolute atomic E-state index is 0.253. The van der Waals surface area contributed by atoms with Gasteiger partial charge < -0.3 is 14.9 Å². The van der Waals surface area contributed by atoms with Crippen LogP contribution in [-0.4, -0.2) is 24.3 Å². The highest BCUT2D eigenvalue weighted by Crippen LogP contribution is 2.30. The van der Waals surface area contributed by atoms with Gasteiger partial charge in [-0.25, -0.2) is 0 Å². The fourth-order valence-corrected chi connectivity index (χ4v) is 2.45. The van der Waals surface area contributed by atoms with Gasteiger partial charge in [0.2, 0.25) is 5.60 Å². The monoisotopic (exact) mass is 310 g/mol. The summed E-state index contributed by atoms with van der Waals surface area (Å²) in [6.07, 6.45) is 0.415. The van der Waals surface area contributed by atoms with Crippen molar-refractivity contribution in [2.75, 3.05) is 12.4 Å². The Morgan fingerprint density at radius 1 is 1.17 bits per heavy atom. The van der Waals surface area contributed by atoms with Gasteiger partial charge in [-0.3, -0.25) is 4.79 Å². The number of nitrogens with one attached hydrogen (secondary N) is 1. The van der Waals surface area contributed by atoms with Crippen molar-refractivity contribution in [3.05, 3.63) is 60.2 Å². The minimum Gasteiger partial charge on any atom is -0.495 e. The summed E-state index contributed by atoms with van der Waals surface area (Å²) < 4.78 is 5.25. The molecule has 2 aromatic rings. The van der Waals surface area contributed by atoms with Crippen molar-refractivity contribution < 1.29 is 14.4 Å². The summed E-state index contributed by atoms with van der Waals surface area (Å²) >= 11 is 0. The Hall–Kier alpha value is -2.82. The van der Waals surface area contributed by atoms with Gasteiger partial charge in [0.25, 0.3) is 5.91 Å². The lowest BCUT2D eigenvalue weighted by atomic mass is 9.95. The van der Waals surface area contributed by atoms with Gasteiger partial charge in [0.1, 0.15) is 5.75 Å². The maximum Gasteiger partial charge on any atom is 0.271 e. The van der Waals surface area contributed by atoms with E-state index in [1.165, 1.54) is 0 Å². The molecule has 0 saturated heterocycles. The fourth-order valence-electron chi connectivity index (χ4n) is 2.45. The molecule has 1 amide bonds. The van der Waals surface area contributed by atoms with Gasteiger partial charge in [-0.05, 0) is 24.6 Å². The summed E-state index contributed by atoms with van der Waals surface area (Å²) in [6.45, 7) is 1.73. The van der Waals surface area contributed by atoms with Crippen LogP contribution < -0.4 is 10.1 Å². The average Bonchev–Trinajstić information content (AvgIpc) is 3.00. The molecule has 0 radical (unpaired) electrons. The highest BCUT2D eigenvalue weighted by molar-refractivity contribution is 6.08. The number of hydrogen-bond acceptors (Lipinski definition) is 4. The van der Waals surface area contributed by atoms with Gasteiger partial charge in [0, 0.05) is 6.42 Å². The third-order valence-electron chi connectivity index (χ3n) is 3.80. The molecule has 0 aromatic heterocycles. The molecule has 5 nitrogen and oxygen atoms in total. The maximum absolute atomic E-state index is 12.6. The quantitative estimate of drug-likeness (QED) is 0.943. The Kier molecular flexibility index (Phi) is 4.02. The van der Waals surface area contributed by atoms with E-state index in [2.05, 4.69) is 10.5 Å². The highest BCUT2D eigenvalue weighted by Gasteiger charge is 2.42. The number of hydrogen-bond donors (Lipinski definition) is 1. The molecule has 0 bridgehead atoms. The Labute approximate surface area is 134 Å². The Morgan fingerprint density at radius 2 is 1.87 bits per heavy atom. The summed E-state index contributed by atoms with van der Waals surface area (Å²) in [5.41, 5.74) is 1.30. The maximum atomic E-state index is 12.6. The van der Waals surface area contributed by atoms with Crippen molar-refractivity contribution >= 4 is 17.3 Å². The number of carbonyl (C=O) groups is 1. The van der Waals surface area contributed by atoms with E-state index in [0.717, 1.165) is 11.3 Å². The Bertz CT molecular complexity index is 743. The number of anilines is 1. The van der Waals surface area contributed by atoms with Crippen LogP contribution in [0.5, 0.6) is 5.75 Å². The summed E-state index contributed by atoms with van der Waals surface area (Å²) in [5.74, 6) is 0.350. The highest BCUT2D eigenvalue weighted by atomic mass is 16.7. The summed E-state index contributed by atoms with van der Waals surface area (Å²) in [4.78, 5) is 18.1. The van der Waals surface area contributed by atoms with E-state index in [-0.39, 0.29) is 5.91 Å². The third-order valence-corrected chi connectivity index (χ3v) is 3.80. The number of carbonyl (C=O) groups excluding carboxylic acids is 1. The van der Waals surface area contributed by atoms with Gasteiger partial charge in [-0.1, -0.05) is 47.6 Å². The molecule has 3 rings (SSSR count). The van der Waals surface area contributed by atoms with Gasteiger partial charge in [-0.2, -0.15) is 0 Å². The van der Waals surface area contributed by atoms with E-state index in [0.29, 0.717) is 17.9 Å².